The van der Waals surface area contributed by atoms with Crippen molar-refractivity contribution in [1.82, 2.24) is 0 Å². The summed E-state index contributed by atoms with van der Waals surface area (Å²) in [5.74, 6) is -0.377. The largest absolute Gasteiger partial charge is 0.416 e. The third-order valence-electron chi connectivity index (χ3n) is 3.65. The second-order valence-corrected chi connectivity index (χ2v) is 5.12. The van der Waals surface area contributed by atoms with Crippen molar-refractivity contribution in [2.24, 2.45) is 5.73 Å². The zero-order valence-corrected chi connectivity index (χ0v) is 10.5. The Morgan fingerprint density at radius 3 is 2.37 bits per heavy atom. The zero-order chi connectivity index (χ0) is 14.1. The van der Waals surface area contributed by atoms with Crippen molar-refractivity contribution in [2.45, 2.75) is 43.8 Å². The van der Waals surface area contributed by atoms with Gasteiger partial charge in [0.2, 0.25) is 0 Å². The molecule has 1 fully saturated rings. The fourth-order valence-electron chi connectivity index (χ4n) is 2.53. The molecule has 0 spiro atoms. The van der Waals surface area contributed by atoms with Crippen molar-refractivity contribution in [3.05, 3.63) is 35.4 Å². The van der Waals surface area contributed by atoms with E-state index in [1.807, 2.05) is 0 Å². The Bertz CT molecular complexity index is 476. The van der Waals surface area contributed by atoms with Crippen LogP contribution in [-0.2, 0) is 6.18 Å². The Kier molecular flexibility index (Phi) is 3.67. The van der Waals surface area contributed by atoms with Crippen LogP contribution in [-0.4, -0.2) is 11.3 Å². The first kappa shape index (κ1) is 14.1. The summed E-state index contributed by atoms with van der Waals surface area (Å²) in [6.45, 7) is 0. The number of carbonyl (C=O) groups excluding carboxylic acids is 1. The number of halogens is 3. The van der Waals surface area contributed by atoms with Crippen LogP contribution in [0.15, 0.2) is 24.3 Å². The molecule has 0 amide bonds. The lowest BCUT2D eigenvalue weighted by Crippen LogP contribution is -2.49. The highest BCUT2D eigenvalue weighted by Gasteiger charge is 2.37. The molecule has 1 saturated carbocycles. The predicted molar refractivity (Wildman–Crippen MR) is 65.8 cm³/mol. The van der Waals surface area contributed by atoms with Crippen LogP contribution in [0.4, 0.5) is 13.2 Å². The maximum Gasteiger partial charge on any atom is 0.416 e. The summed E-state index contributed by atoms with van der Waals surface area (Å²) < 4.78 is 37.9. The molecule has 5 heteroatoms. The lowest BCUT2D eigenvalue weighted by Gasteiger charge is -2.32. The Hall–Kier alpha value is -1.36. The minimum atomic E-state index is -4.44. The second kappa shape index (κ2) is 4.96. The van der Waals surface area contributed by atoms with Crippen LogP contribution in [0, 0.1) is 0 Å². The third kappa shape index (κ3) is 2.97. The van der Waals surface area contributed by atoms with E-state index in [4.69, 9.17) is 5.73 Å². The summed E-state index contributed by atoms with van der Waals surface area (Å²) in [6, 6.07) is 4.51. The zero-order valence-electron chi connectivity index (χ0n) is 10.5. The fraction of sp³-hybridized carbons (Fsp3) is 0.500. The van der Waals surface area contributed by atoms with Crippen LogP contribution in [0.3, 0.4) is 0 Å². The van der Waals surface area contributed by atoms with Gasteiger partial charge in [-0.3, -0.25) is 4.79 Å². The summed E-state index contributed by atoms with van der Waals surface area (Å²) >= 11 is 0. The number of benzene rings is 1. The number of hydrogen-bond acceptors (Lipinski definition) is 2. The molecule has 2 N–H and O–H groups in total. The molecule has 0 saturated heterocycles. The van der Waals surface area contributed by atoms with Crippen molar-refractivity contribution in [3.63, 3.8) is 0 Å². The van der Waals surface area contributed by atoms with E-state index in [2.05, 4.69) is 0 Å². The van der Waals surface area contributed by atoms with Crippen LogP contribution in [0.2, 0.25) is 0 Å². The van der Waals surface area contributed by atoms with E-state index < -0.39 is 17.3 Å². The van der Waals surface area contributed by atoms with Gasteiger partial charge in [-0.15, -0.1) is 0 Å². The van der Waals surface area contributed by atoms with Crippen LogP contribution in [0.5, 0.6) is 0 Å². The van der Waals surface area contributed by atoms with Gasteiger partial charge in [-0.2, -0.15) is 13.2 Å². The van der Waals surface area contributed by atoms with Crippen LogP contribution in [0.25, 0.3) is 0 Å². The van der Waals surface area contributed by atoms with Crippen molar-refractivity contribution in [3.8, 4) is 0 Å². The maximum atomic E-state index is 12.6. The van der Waals surface area contributed by atoms with Crippen LogP contribution >= 0.6 is 0 Å². The highest BCUT2D eigenvalue weighted by Crippen LogP contribution is 2.32. The van der Waals surface area contributed by atoms with E-state index in [0.29, 0.717) is 12.8 Å². The lowest BCUT2D eigenvalue weighted by molar-refractivity contribution is -0.137. The molecule has 1 aliphatic rings. The molecule has 0 bridgehead atoms. The molecular formula is C14H16F3NO. The summed E-state index contributed by atoms with van der Waals surface area (Å²) in [7, 11) is 0. The third-order valence-corrected chi connectivity index (χ3v) is 3.65. The van der Waals surface area contributed by atoms with E-state index in [9.17, 15) is 18.0 Å². The Balaban J connectivity index is 2.29. The Morgan fingerprint density at radius 2 is 1.79 bits per heavy atom. The minimum absolute atomic E-state index is 0.0548. The van der Waals surface area contributed by atoms with Gasteiger partial charge < -0.3 is 5.73 Å². The maximum absolute atomic E-state index is 12.6. The Labute approximate surface area is 109 Å². The average Bonchev–Trinajstić information content (AvgIpc) is 2.38. The van der Waals surface area contributed by atoms with Crippen molar-refractivity contribution in [1.29, 1.82) is 0 Å². The first-order valence-corrected chi connectivity index (χ1v) is 6.34. The topological polar surface area (TPSA) is 43.1 Å². The van der Waals surface area contributed by atoms with Crippen molar-refractivity contribution in [2.75, 3.05) is 0 Å². The van der Waals surface area contributed by atoms with Gasteiger partial charge in [-0.25, -0.2) is 0 Å². The molecule has 19 heavy (non-hydrogen) atoms. The molecule has 0 aliphatic heterocycles. The summed E-state index contributed by atoms with van der Waals surface area (Å²) in [5.41, 5.74) is 4.31. The molecule has 0 atom stereocenters. The van der Waals surface area contributed by atoms with E-state index in [1.54, 1.807) is 0 Å². The van der Waals surface area contributed by atoms with Gasteiger partial charge in [-0.1, -0.05) is 31.4 Å². The van der Waals surface area contributed by atoms with E-state index in [-0.39, 0.29) is 11.3 Å². The molecule has 1 aromatic carbocycles. The molecule has 0 radical (unpaired) electrons. The summed E-state index contributed by atoms with van der Waals surface area (Å²) in [4.78, 5) is 12.3. The van der Waals surface area contributed by atoms with Crippen LogP contribution in [0.1, 0.15) is 48.0 Å². The summed E-state index contributed by atoms with van der Waals surface area (Å²) in [6.07, 6.45) is -0.633. The molecule has 1 aliphatic carbocycles. The number of Topliss-reactive ketones (excluding diaryl/α,β-unsaturated/α-hetero) is 1. The van der Waals surface area contributed by atoms with Crippen molar-refractivity contribution >= 4 is 5.78 Å². The predicted octanol–water partition coefficient (Wildman–Crippen LogP) is 3.55. The standard InChI is InChI=1S/C14H16F3NO/c15-14(16,17)11-6-4-5-10(9-11)12(19)13(18)7-2-1-3-8-13/h4-6,9H,1-3,7-8,18H2. The highest BCUT2D eigenvalue weighted by molar-refractivity contribution is 6.03. The molecule has 104 valence electrons. The number of carbonyl (C=O) groups is 1. The lowest BCUT2D eigenvalue weighted by atomic mass is 9.77. The Morgan fingerprint density at radius 1 is 1.16 bits per heavy atom. The fourth-order valence-corrected chi connectivity index (χ4v) is 2.53. The number of rotatable bonds is 2. The van der Waals surface area contributed by atoms with Gasteiger partial charge in [0.15, 0.2) is 5.78 Å². The minimum Gasteiger partial charge on any atom is -0.319 e. The SMILES string of the molecule is NC1(C(=O)c2cccc(C(F)(F)F)c2)CCCCC1. The number of nitrogens with two attached hydrogens (primary N) is 1. The monoisotopic (exact) mass is 271 g/mol. The van der Waals surface area contributed by atoms with E-state index in [1.165, 1.54) is 12.1 Å². The number of hydrogen-bond donors (Lipinski definition) is 1. The molecular weight excluding hydrogens is 255 g/mol. The molecule has 0 aromatic heterocycles. The smallest absolute Gasteiger partial charge is 0.319 e. The van der Waals surface area contributed by atoms with Gasteiger partial charge in [0, 0.05) is 5.56 Å². The van der Waals surface area contributed by atoms with Crippen molar-refractivity contribution < 1.29 is 18.0 Å². The number of ketones is 1. The number of alkyl halides is 3. The highest BCUT2D eigenvalue weighted by atomic mass is 19.4. The summed E-state index contributed by atoms with van der Waals surface area (Å²) in [5, 5.41) is 0. The van der Waals surface area contributed by atoms with E-state index in [0.717, 1.165) is 31.4 Å². The molecule has 0 heterocycles. The van der Waals surface area contributed by atoms with Gasteiger partial charge in [0.05, 0.1) is 11.1 Å². The van der Waals surface area contributed by atoms with Gasteiger partial charge in [0.1, 0.15) is 0 Å². The molecule has 1 aromatic rings. The van der Waals surface area contributed by atoms with Gasteiger partial charge >= 0.3 is 6.18 Å². The van der Waals surface area contributed by atoms with Gasteiger partial charge in [0.25, 0.3) is 0 Å². The first-order valence-electron chi connectivity index (χ1n) is 6.34. The second-order valence-electron chi connectivity index (χ2n) is 5.12. The molecule has 2 nitrogen and oxygen atoms in total. The van der Waals surface area contributed by atoms with Gasteiger partial charge in [-0.05, 0) is 25.0 Å². The first-order chi connectivity index (χ1) is 8.83. The normalized spacial score (nSPS) is 19.2. The van der Waals surface area contributed by atoms with Crippen LogP contribution < -0.4 is 5.73 Å². The molecule has 0 unspecified atom stereocenters. The quantitative estimate of drug-likeness (QED) is 0.836. The molecule has 2 rings (SSSR count). The average molecular weight is 271 g/mol. The van der Waals surface area contributed by atoms with E-state index >= 15 is 0 Å².